The largest absolute Gasteiger partial charge is 0.495 e. The minimum Gasteiger partial charge on any atom is -0.495 e. The maximum Gasteiger partial charge on any atom is 0.272 e. The first-order valence-corrected chi connectivity index (χ1v) is 7.33. The molecule has 0 aliphatic carbocycles. The van der Waals surface area contributed by atoms with E-state index in [1.54, 1.807) is 7.11 Å². The highest BCUT2D eigenvalue weighted by Gasteiger charge is 2.12. The van der Waals surface area contributed by atoms with Crippen LogP contribution in [0.5, 0.6) is 5.75 Å². The number of ether oxygens (including phenoxy) is 1. The van der Waals surface area contributed by atoms with Gasteiger partial charge in [-0.05, 0) is 36.4 Å². The number of carbonyl (C=O) groups is 1. The Morgan fingerprint density at radius 1 is 1.13 bits per heavy atom. The van der Waals surface area contributed by atoms with Crippen LogP contribution in [-0.2, 0) is 0 Å². The SMILES string of the molecule is COc1cccc2cc(C(=O)Nc3ccc(N(C)C)cc3)[nH]c12. The highest BCUT2D eigenvalue weighted by atomic mass is 16.5. The third-order valence-electron chi connectivity index (χ3n) is 3.72. The molecule has 0 aliphatic heterocycles. The number of carbonyl (C=O) groups excluding carboxylic acids is 1. The van der Waals surface area contributed by atoms with Gasteiger partial charge in [0, 0.05) is 30.9 Å². The molecule has 0 fully saturated rings. The van der Waals surface area contributed by atoms with Gasteiger partial charge in [0.25, 0.3) is 5.91 Å². The van der Waals surface area contributed by atoms with Gasteiger partial charge < -0.3 is 19.9 Å². The quantitative estimate of drug-likeness (QED) is 0.775. The second-order valence-corrected chi connectivity index (χ2v) is 5.50. The molecule has 0 atom stereocenters. The maximum atomic E-state index is 12.4. The van der Waals surface area contributed by atoms with Crippen molar-refractivity contribution < 1.29 is 9.53 Å². The van der Waals surface area contributed by atoms with E-state index in [0.717, 1.165) is 28.0 Å². The third-order valence-corrected chi connectivity index (χ3v) is 3.72. The molecule has 0 radical (unpaired) electrons. The average Bonchev–Trinajstić information content (AvgIpc) is 2.99. The Hall–Kier alpha value is -2.95. The van der Waals surface area contributed by atoms with E-state index in [-0.39, 0.29) is 5.91 Å². The molecular weight excluding hydrogens is 290 g/mol. The fourth-order valence-electron chi connectivity index (χ4n) is 2.46. The fraction of sp³-hybridized carbons (Fsp3) is 0.167. The first-order valence-electron chi connectivity index (χ1n) is 7.33. The van der Waals surface area contributed by atoms with Crippen molar-refractivity contribution in [2.45, 2.75) is 0 Å². The van der Waals surface area contributed by atoms with Crippen molar-refractivity contribution in [3.05, 3.63) is 54.2 Å². The number of amides is 1. The number of fused-ring (bicyclic) bond motifs is 1. The minimum atomic E-state index is -0.180. The summed E-state index contributed by atoms with van der Waals surface area (Å²) < 4.78 is 5.31. The van der Waals surface area contributed by atoms with E-state index < -0.39 is 0 Å². The number of nitrogens with zero attached hydrogens (tertiary/aromatic N) is 1. The molecule has 2 N–H and O–H groups in total. The van der Waals surface area contributed by atoms with Gasteiger partial charge in [-0.2, -0.15) is 0 Å². The molecule has 1 aromatic heterocycles. The van der Waals surface area contributed by atoms with Gasteiger partial charge in [-0.15, -0.1) is 0 Å². The van der Waals surface area contributed by atoms with Crippen LogP contribution in [0.3, 0.4) is 0 Å². The highest BCUT2D eigenvalue weighted by Crippen LogP contribution is 2.25. The van der Waals surface area contributed by atoms with E-state index in [4.69, 9.17) is 4.74 Å². The Kier molecular flexibility index (Phi) is 3.93. The first kappa shape index (κ1) is 15.0. The Morgan fingerprint density at radius 2 is 1.87 bits per heavy atom. The molecule has 0 spiro atoms. The Balaban J connectivity index is 1.83. The molecule has 3 aromatic rings. The molecule has 5 nitrogen and oxygen atoms in total. The summed E-state index contributed by atoms with van der Waals surface area (Å²) in [7, 11) is 5.57. The zero-order valence-corrected chi connectivity index (χ0v) is 13.4. The number of aromatic amines is 1. The molecule has 1 amide bonds. The van der Waals surface area contributed by atoms with Crippen LogP contribution in [0.25, 0.3) is 10.9 Å². The van der Waals surface area contributed by atoms with E-state index in [2.05, 4.69) is 10.3 Å². The predicted octanol–water partition coefficient (Wildman–Crippen LogP) is 3.49. The smallest absolute Gasteiger partial charge is 0.272 e. The van der Waals surface area contributed by atoms with Crippen LogP contribution in [0.2, 0.25) is 0 Å². The van der Waals surface area contributed by atoms with Crippen molar-refractivity contribution in [1.82, 2.24) is 4.98 Å². The van der Waals surface area contributed by atoms with E-state index in [1.165, 1.54) is 0 Å². The summed E-state index contributed by atoms with van der Waals surface area (Å²) in [6.45, 7) is 0. The van der Waals surface area contributed by atoms with Crippen molar-refractivity contribution in [2.75, 3.05) is 31.4 Å². The van der Waals surface area contributed by atoms with Gasteiger partial charge in [0.05, 0.1) is 12.6 Å². The van der Waals surface area contributed by atoms with Crippen LogP contribution in [-0.4, -0.2) is 32.1 Å². The number of hydrogen-bond acceptors (Lipinski definition) is 3. The lowest BCUT2D eigenvalue weighted by Crippen LogP contribution is -2.13. The molecule has 3 rings (SSSR count). The number of benzene rings is 2. The lowest BCUT2D eigenvalue weighted by atomic mass is 10.2. The van der Waals surface area contributed by atoms with Gasteiger partial charge in [-0.1, -0.05) is 12.1 Å². The molecule has 0 saturated heterocycles. The van der Waals surface area contributed by atoms with Crippen molar-refractivity contribution in [2.24, 2.45) is 0 Å². The Morgan fingerprint density at radius 3 is 2.52 bits per heavy atom. The number of para-hydroxylation sites is 1. The summed E-state index contributed by atoms with van der Waals surface area (Å²) in [4.78, 5) is 17.5. The number of anilines is 2. The highest BCUT2D eigenvalue weighted by molar-refractivity contribution is 6.06. The normalized spacial score (nSPS) is 10.6. The fourth-order valence-corrected chi connectivity index (χ4v) is 2.46. The second-order valence-electron chi connectivity index (χ2n) is 5.50. The van der Waals surface area contributed by atoms with Crippen LogP contribution in [0, 0.1) is 0 Å². The lowest BCUT2D eigenvalue weighted by Gasteiger charge is -2.12. The lowest BCUT2D eigenvalue weighted by molar-refractivity contribution is 0.102. The summed E-state index contributed by atoms with van der Waals surface area (Å²) >= 11 is 0. The van der Waals surface area contributed by atoms with Crippen molar-refractivity contribution in [3.8, 4) is 5.75 Å². The molecule has 1 heterocycles. The minimum absolute atomic E-state index is 0.180. The number of rotatable bonds is 4. The zero-order chi connectivity index (χ0) is 16.4. The number of nitrogens with one attached hydrogen (secondary N) is 2. The van der Waals surface area contributed by atoms with Crippen LogP contribution in [0.1, 0.15) is 10.5 Å². The molecule has 2 aromatic carbocycles. The van der Waals surface area contributed by atoms with Gasteiger partial charge in [-0.3, -0.25) is 4.79 Å². The maximum absolute atomic E-state index is 12.4. The molecule has 0 saturated carbocycles. The Labute approximate surface area is 134 Å². The first-order chi connectivity index (χ1) is 11.1. The second kappa shape index (κ2) is 6.04. The molecule has 0 aliphatic rings. The monoisotopic (exact) mass is 309 g/mol. The number of aromatic nitrogens is 1. The van der Waals surface area contributed by atoms with Crippen LogP contribution >= 0.6 is 0 Å². The zero-order valence-electron chi connectivity index (χ0n) is 13.4. The van der Waals surface area contributed by atoms with Gasteiger partial charge in [-0.25, -0.2) is 0 Å². The third kappa shape index (κ3) is 2.99. The Bertz CT molecular complexity index is 835. The average molecular weight is 309 g/mol. The van der Waals surface area contributed by atoms with Crippen molar-refractivity contribution in [3.63, 3.8) is 0 Å². The summed E-state index contributed by atoms with van der Waals surface area (Å²) in [5.41, 5.74) is 3.16. The standard InChI is InChI=1S/C18H19N3O2/c1-21(2)14-9-7-13(8-10-14)19-18(22)15-11-12-5-4-6-16(23-3)17(12)20-15/h4-11,20H,1-3H3,(H,19,22). The molecule has 5 heteroatoms. The summed E-state index contributed by atoms with van der Waals surface area (Å²) in [5.74, 6) is 0.540. The van der Waals surface area contributed by atoms with Crippen LogP contribution in [0.15, 0.2) is 48.5 Å². The number of methoxy groups -OCH3 is 1. The predicted molar refractivity (Wildman–Crippen MR) is 93.6 cm³/mol. The number of hydrogen-bond donors (Lipinski definition) is 2. The van der Waals surface area contributed by atoms with Crippen LogP contribution in [0.4, 0.5) is 11.4 Å². The summed E-state index contributed by atoms with van der Waals surface area (Å²) in [5, 5.41) is 3.84. The van der Waals surface area contributed by atoms with Crippen molar-refractivity contribution in [1.29, 1.82) is 0 Å². The summed E-state index contributed by atoms with van der Waals surface area (Å²) in [6, 6.07) is 15.2. The topological polar surface area (TPSA) is 57.4 Å². The molecule has 0 unspecified atom stereocenters. The van der Waals surface area contributed by atoms with E-state index in [9.17, 15) is 4.79 Å². The molecule has 0 bridgehead atoms. The molecule has 118 valence electrons. The van der Waals surface area contributed by atoms with Crippen LogP contribution < -0.4 is 15.0 Å². The van der Waals surface area contributed by atoms with E-state index >= 15 is 0 Å². The van der Waals surface area contributed by atoms with Crippen molar-refractivity contribution >= 4 is 28.2 Å². The molecule has 23 heavy (non-hydrogen) atoms. The van der Waals surface area contributed by atoms with E-state index in [1.807, 2.05) is 67.5 Å². The van der Waals surface area contributed by atoms with Gasteiger partial charge in [0.2, 0.25) is 0 Å². The summed E-state index contributed by atoms with van der Waals surface area (Å²) in [6.07, 6.45) is 0. The van der Waals surface area contributed by atoms with Gasteiger partial charge in [0.1, 0.15) is 11.4 Å². The van der Waals surface area contributed by atoms with Gasteiger partial charge >= 0.3 is 0 Å². The van der Waals surface area contributed by atoms with Gasteiger partial charge in [0.15, 0.2) is 0 Å². The molecular formula is C18H19N3O2. The number of H-pyrrole nitrogens is 1. The van der Waals surface area contributed by atoms with E-state index in [0.29, 0.717) is 5.69 Å².